The molecule has 0 aliphatic rings. The van der Waals surface area contributed by atoms with Gasteiger partial charge in [-0.2, -0.15) is 5.10 Å². The fourth-order valence-corrected chi connectivity index (χ4v) is 2.05. The number of hydrogen-bond acceptors (Lipinski definition) is 2. The second kappa shape index (κ2) is 7.44. The molecule has 1 rings (SSSR count). The summed E-state index contributed by atoms with van der Waals surface area (Å²) in [6, 6.07) is 2.79. The van der Waals surface area contributed by atoms with Crippen LogP contribution in [0.4, 0.5) is 0 Å². The van der Waals surface area contributed by atoms with Gasteiger partial charge in [-0.15, -0.1) is 0 Å². The monoisotopic (exact) mass is 223 g/mol. The first-order valence-corrected chi connectivity index (χ1v) is 6.48. The van der Waals surface area contributed by atoms with E-state index in [4.69, 9.17) is 0 Å². The Labute approximate surface area is 99.2 Å². The number of aryl methyl sites for hydroxylation is 1. The summed E-state index contributed by atoms with van der Waals surface area (Å²) in [5.41, 5.74) is 1.18. The average molecular weight is 223 g/mol. The molecule has 0 unspecified atom stereocenters. The molecule has 3 nitrogen and oxygen atoms in total. The average Bonchev–Trinajstić information content (AvgIpc) is 2.65. The van der Waals surface area contributed by atoms with E-state index >= 15 is 0 Å². The second-order valence-electron chi connectivity index (χ2n) is 4.46. The van der Waals surface area contributed by atoms with E-state index in [0.717, 1.165) is 13.0 Å². The third kappa shape index (κ3) is 4.79. The van der Waals surface area contributed by atoms with Gasteiger partial charge in [0.1, 0.15) is 0 Å². The van der Waals surface area contributed by atoms with Gasteiger partial charge < -0.3 is 5.32 Å². The molecule has 1 N–H and O–H groups in total. The summed E-state index contributed by atoms with van der Waals surface area (Å²) in [4.78, 5) is 0. The molecule has 0 saturated carbocycles. The Balaban J connectivity index is 2.21. The van der Waals surface area contributed by atoms with E-state index in [-0.39, 0.29) is 0 Å². The smallest absolute Gasteiger partial charge is 0.0637 e. The van der Waals surface area contributed by atoms with Crippen molar-refractivity contribution in [3.8, 4) is 0 Å². The van der Waals surface area contributed by atoms with Gasteiger partial charge in [-0.1, -0.05) is 26.7 Å². The summed E-state index contributed by atoms with van der Waals surface area (Å²) in [6.45, 7) is 5.55. The van der Waals surface area contributed by atoms with Crippen molar-refractivity contribution in [3.05, 3.63) is 18.0 Å². The van der Waals surface area contributed by atoms with Gasteiger partial charge in [0.05, 0.1) is 5.69 Å². The van der Waals surface area contributed by atoms with E-state index in [1.54, 1.807) is 0 Å². The summed E-state index contributed by atoms with van der Waals surface area (Å²) < 4.78 is 1.87. The van der Waals surface area contributed by atoms with Crippen molar-refractivity contribution in [2.75, 3.05) is 6.54 Å². The lowest BCUT2D eigenvalue weighted by Gasteiger charge is -2.16. The van der Waals surface area contributed by atoms with Crippen LogP contribution in [0, 0.1) is 0 Å². The number of nitrogens with zero attached hydrogens (tertiary/aromatic N) is 2. The summed E-state index contributed by atoms with van der Waals surface area (Å²) in [7, 11) is 1.97. The second-order valence-corrected chi connectivity index (χ2v) is 4.46. The van der Waals surface area contributed by atoms with Gasteiger partial charge in [-0.25, -0.2) is 0 Å². The Hall–Kier alpha value is -0.830. The molecule has 0 aromatic carbocycles. The molecule has 92 valence electrons. The molecule has 1 heterocycles. The lowest BCUT2D eigenvalue weighted by molar-refractivity contribution is 0.446. The molecule has 0 aliphatic carbocycles. The first-order chi connectivity index (χ1) is 7.76. The maximum absolute atomic E-state index is 4.38. The molecule has 0 saturated heterocycles. The van der Waals surface area contributed by atoms with E-state index in [2.05, 4.69) is 30.3 Å². The van der Waals surface area contributed by atoms with Crippen molar-refractivity contribution in [2.45, 2.75) is 52.0 Å². The highest BCUT2D eigenvalue weighted by Crippen LogP contribution is 2.04. The van der Waals surface area contributed by atoms with Crippen LogP contribution in [0.3, 0.4) is 0 Å². The van der Waals surface area contributed by atoms with Gasteiger partial charge in [0.2, 0.25) is 0 Å². The van der Waals surface area contributed by atoms with Crippen molar-refractivity contribution in [3.63, 3.8) is 0 Å². The minimum atomic E-state index is 0.693. The number of rotatable bonds is 8. The van der Waals surface area contributed by atoms with Gasteiger partial charge in [0.15, 0.2) is 0 Å². The van der Waals surface area contributed by atoms with Crippen molar-refractivity contribution < 1.29 is 0 Å². The molecule has 0 aliphatic heterocycles. The van der Waals surface area contributed by atoms with Crippen LogP contribution in [-0.4, -0.2) is 22.4 Å². The Morgan fingerprint density at radius 3 is 2.50 bits per heavy atom. The molecule has 16 heavy (non-hydrogen) atoms. The topological polar surface area (TPSA) is 29.9 Å². The first kappa shape index (κ1) is 13.2. The predicted molar refractivity (Wildman–Crippen MR) is 68.5 cm³/mol. The summed E-state index contributed by atoms with van der Waals surface area (Å²) in [5.74, 6) is 0. The highest BCUT2D eigenvalue weighted by Gasteiger charge is 2.05. The summed E-state index contributed by atoms with van der Waals surface area (Å²) in [6.07, 6.45) is 8.14. The molecule has 3 heteroatoms. The van der Waals surface area contributed by atoms with Gasteiger partial charge in [-0.05, 0) is 18.9 Å². The van der Waals surface area contributed by atoms with Crippen molar-refractivity contribution in [1.82, 2.24) is 15.1 Å². The van der Waals surface area contributed by atoms with Crippen molar-refractivity contribution in [1.29, 1.82) is 0 Å². The van der Waals surface area contributed by atoms with Gasteiger partial charge >= 0.3 is 0 Å². The molecule has 0 radical (unpaired) electrons. The van der Waals surface area contributed by atoms with Crippen molar-refractivity contribution >= 4 is 0 Å². The lowest BCUT2D eigenvalue weighted by Crippen LogP contribution is -2.30. The minimum absolute atomic E-state index is 0.693. The van der Waals surface area contributed by atoms with E-state index in [9.17, 15) is 0 Å². The number of nitrogens with one attached hydrogen (secondary N) is 1. The highest BCUT2D eigenvalue weighted by atomic mass is 15.2. The van der Waals surface area contributed by atoms with E-state index < -0.39 is 0 Å². The minimum Gasteiger partial charge on any atom is -0.314 e. The molecule has 1 aromatic rings. The molecule has 0 atom stereocenters. The number of hydrogen-bond donors (Lipinski definition) is 1. The Bertz CT molecular complexity index is 274. The molecular weight excluding hydrogens is 198 g/mol. The molecule has 0 fully saturated rings. The maximum atomic E-state index is 4.38. The van der Waals surface area contributed by atoms with E-state index in [1.165, 1.54) is 31.4 Å². The third-order valence-corrected chi connectivity index (χ3v) is 2.86. The molecule has 0 amide bonds. The largest absolute Gasteiger partial charge is 0.314 e. The maximum Gasteiger partial charge on any atom is 0.0637 e. The van der Waals surface area contributed by atoms with Gasteiger partial charge in [-0.3, -0.25) is 4.68 Å². The van der Waals surface area contributed by atoms with Crippen LogP contribution in [0.25, 0.3) is 0 Å². The van der Waals surface area contributed by atoms with Gasteiger partial charge in [0.25, 0.3) is 0 Å². The molecule has 0 bridgehead atoms. The van der Waals surface area contributed by atoms with E-state index in [0.29, 0.717) is 6.04 Å². The normalized spacial score (nSPS) is 11.2. The summed E-state index contributed by atoms with van der Waals surface area (Å²) in [5, 5.41) is 8.01. The molecular formula is C13H25N3. The lowest BCUT2D eigenvalue weighted by atomic mass is 10.1. The third-order valence-electron chi connectivity index (χ3n) is 2.86. The first-order valence-electron chi connectivity index (χ1n) is 6.48. The Morgan fingerprint density at radius 2 is 2.00 bits per heavy atom. The quantitative estimate of drug-likeness (QED) is 0.734. The zero-order chi connectivity index (χ0) is 11.8. The zero-order valence-electron chi connectivity index (χ0n) is 10.9. The van der Waals surface area contributed by atoms with Crippen LogP contribution < -0.4 is 5.32 Å². The number of aromatic nitrogens is 2. The fourth-order valence-electron chi connectivity index (χ4n) is 2.05. The predicted octanol–water partition coefficient (Wildman–Crippen LogP) is 2.52. The van der Waals surface area contributed by atoms with Crippen LogP contribution in [0.15, 0.2) is 12.3 Å². The van der Waals surface area contributed by atoms with Crippen LogP contribution >= 0.6 is 0 Å². The van der Waals surface area contributed by atoms with Crippen LogP contribution in [-0.2, 0) is 13.5 Å². The standard InChI is InChI=1S/C13H25N3/c1-4-6-12(7-5-2)14-10-8-13-9-11-16(3)15-13/h9,11-12,14H,4-8,10H2,1-3H3. The van der Waals surface area contributed by atoms with E-state index in [1.807, 2.05) is 17.9 Å². The highest BCUT2D eigenvalue weighted by molar-refractivity contribution is 4.99. The summed E-state index contributed by atoms with van der Waals surface area (Å²) >= 11 is 0. The molecule has 1 aromatic heterocycles. The van der Waals surface area contributed by atoms with Crippen LogP contribution in [0.2, 0.25) is 0 Å². The Kier molecular flexibility index (Phi) is 6.16. The SMILES string of the molecule is CCCC(CCC)NCCc1ccn(C)n1. The van der Waals surface area contributed by atoms with Crippen molar-refractivity contribution in [2.24, 2.45) is 7.05 Å². The van der Waals surface area contributed by atoms with Gasteiger partial charge in [0, 0.05) is 32.3 Å². The van der Waals surface area contributed by atoms with Crippen LogP contribution in [0.5, 0.6) is 0 Å². The molecule has 0 spiro atoms. The fraction of sp³-hybridized carbons (Fsp3) is 0.769. The Morgan fingerprint density at radius 1 is 1.31 bits per heavy atom. The van der Waals surface area contributed by atoms with Crippen LogP contribution in [0.1, 0.15) is 45.2 Å². The zero-order valence-corrected chi connectivity index (χ0v) is 10.9.